The lowest BCUT2D eigenvalue weighted by atomic mass is 9.98. The summed E-state index contributed by atoms with van der Waals surface area (Å²) < 4.78 is 27.9. The van der Waals surface area contributed by atoms with E-state index in [1.807, 2.05) is 6.92 Å². The molecule has 1 rings (SSSR count). The molecule has 17 heavy (non-hydrogen) atoms. The fraction of sp³-hybridized carbons (Fsp3) is 1.00. The summed E-state index contributed by atoms with van der Waals surface area (Å²) >= 11 is 0. The summed E-state index contributed by atoms with van der Waals surface area (Å²) in [5, 5.41) is 3.32. The first-order valence-electron chi connectivity index (χ1n) is 6.55. The molecule has 6 heteroatoms. The highest BCUT2D eigenvalue weighted by Crippen LogP contribution is 2.18. The molecule has 1 aliphatic heterocycles. The van der Waals surface area contributed by atoms with Crippen LogP contribution in [-0.4, -0.2) is 45.4 Å². The Morgan fingerprint density at radius 3 is 2.41 bits per heavy atom. The van der Waals surface area contributed by atoms with E-state index < -0.39 is 10.2 Å². The minimum atomic E-state index is -3.23. The quantitative estimate of drug-likeness (QED) is 0.705. The molecule has 1 heterocycles. The second-order valence-electron chi connectivity index (χ2n) is 4.55. The van der Waals surface area contributed by atoms with Crippen molar-refractivity contribution in [2.45, 2.75) is 33.1 Å². The Balaban J connectivity index is 2.35. The largest absolute Gasteiger partial charge is 0.317 e. The van der Waals surface area contributed by atoms with Crippen molar-refractivity contribution in [2.24, 2.45) is 5.92 Å². The van der Waals surface area contributed by atoms with Crippen molar-refractivity contribution in [2.75, 3.05) is 32.7 Å². The zero-order chi connectivity index (χ0) is 12.7. The molecule has 0 atom stereocenters. The topological polar surface area (TPSA) is 61.4 Å². The van der Waals surface area contributed by atoms with Crippen molar-refractivity contribution in [1.29, 1.82) is 0 Å². The van der Waals surface area contributed by atoms with Crippen LogP contribution in [0.3, 0.4) is 0 Å². The Labute approximate surface area is 105 Å². The first-order valence-corrected chi connectivity index (χ1v) is 7.99. The number of piperidine rings is 1. The van der Waals surface area contributed by atoms with Gasteiger partial charge in [0.2, 0.25) is 0 Å². The average Bonchev–Trinajstić information content (AvgIpc) is 2.34. The maximum atomic E-state index is 11.9. The van der Waals surface area contributed by atoms with Crippen molar-refractivity contribution in [3.05, 3.63) is 0 Å². The van der Waals surface area contributed by atoms with Gasteiger partial charge in [0.25, 0.3) is 10.2 Å². The Morgan fingerprint density at radius 2 is 1.88 bits per heavy atom. The van der Waals surface area contributed by atoms with E-state index in [4.69, 9.17) is 0 Å². The second-order valence-corrected chi connectivity index (χ2v) is 6.30. The molecule has 0 aromatic rings. The smallest absolute Gasteiger partial charge is 0.279 e. The van der Waals surface area contributed by atoms with Gasteiger partial charge in [-0.05, 0) is 38.3 Å². The third-order valence-corrected chi connectivity index (χ3v) is 4.74. The predicted molar refractivity (Wildman–Crippen MR) is 70.1 cm³/mol. The maximum Gasteiger partial charge on any atom is 0.279 e. The third-order valence-electron chi connectivity index (χ3n) is 3.13. The van der Waals surface area contributed by atoms with E-state index in [9.17, 15) is 8.42 Å². The second kappa shape index (κ2) is 7.31. The summed E-state index contributed by atoms with van der Waals surface area (Å²) in [6.07, 6.45) is 2.75. The Hall–Kier alpha value is -0.170. The monoisotopic (exact) mass is 263 g/mol. The van der Waals surface area contributed by atoms with Gasteiger partial charge in [0.15, 0.2) is 0 Å². The molecule has 5 nitrogen and oxygen atoms in total. The molecule has 0 bridgehead atoms. The summed E-state index contributed by atoms with van der Waals surface area (Å²) in [6.45, 7) is 7.87. The van der Waals surface area contributed by atoms with Crippen molar-refractivity contribution < 1.29 is 8.42 Å². The predicted octanol–water partition coefficient (Wildman–Crippen LogP) is 0.552. The van der Waals surface area contributed by atoms with Crippen LogP contribution in [0.2, 0.25) is 0 Å². The van der Waals surface area contributed by atoms with Crippen LogP contribution in [0, 0.1) is 5.92 Å². The SMILES string of the molecule is CCCNS(=O)(=O)N1CCC(CNCC)CC1. The summed E-state index contributed by atoms with van der Waals surface area (Å²) in [7, 11) is -3.23. The van der Waals surface area contributed by atoms with Crippen LogP contribution in [-0.2, 0) is 10.2 Å². The number of rotatable bonds is 7. The van der Waals surface area contributed by atoms with Crippen LogP contribution in [0.4, 0.5) is 0 Å². The van der Waals surface area contributed by atoms with Gasteiger partial charge in [0.1, 0.15) is 0 Å². The third kappa shape index (κ3) is 4.91. The van der Waals surface area contributed by atoms with Crippen LogP contribution < -0.4 is 10.0 Å². The van der Waals surface area contributed by atoms with E-state index >= 15 is 0 Å². The van der Waals surface area contributed by atoms with Crippen LogP contribution in [0.25, 0.3) is 0 Å². The summed E-state index contributed by atoms with van der Waals surface area (Å²) in [5.74, 6) is 0.618. The van der Waals surface area contributed by atoms with Crippen molar-refractivity contribution in [1.82, 2.24) is 14.3 Å². The average molecular weight is 263 g/mol. The number of hydrogen-bond acceptors (Lipinski definition) is 3. The van der Waals surface area contributed by atoms with Gasteiger partial charge >= 0.3 is 0 Å². The van der Waals surface area contributed by atoms with Gasteiger partial charge in [-0.25, -0.2) is 4.72 Å². The molecule has 0 aliphatic carbocycles. The molecular formula is C11H25N3O2S. The Kier molecular flexibility index (Phi) is 6.40. The van der Waals surface area contributed by atoms with Gasteiger partial charge in [0.05, 0.1) is 0 Å². The number of hydrogen-bond donors (Lipinski definition) is 2. The lowest BCUT2D eigenvalue weighted by Gasteiger charge is -2.31. The Morgan fingerprint density at radius 1 is 1.24 bits per heavy atom. The van der Waals surface area contributed by atoms with Gasteiger partial charge in [-0.2, -0.15) is 12.7 Å². The molecule has 0 aromatic heterocycles. The van der Waals surface area contributed by atoms with Crippen molar-refractivity contribution in [3.63, 3.8) is 0 Å². The van der Waals surface area contributed by atoms with E-state index in [2.05, 4.69) is 17.0 Å². The first-order chi connectivity index (χ1) is 8.10. The van der Waals surface area contributed by atoms with E-state index in [0.29, 0.717) is 25.6 Å². The van der Waals surface area contributed by atoms with E-state index in [-0.39, 0.29) is 0 Å². The number of nitrogens with one attached hydrogen (secondary N) is 2. The fourth-order valence-electron chi connectivity index (χ4n) is 2.02. The molecule has 1 aliphatic rings. The van der Waals surface area contributed by atoms with Crippen LogP contribution >= 0.6 is 0 Å². The van der Waals surface area contributed by atoms with E-state index in [1.165, 1.54) is 0 Å². The van der Waals surface area contributed by atoms with Gasteiger partial charge in [-0.1, -0.05) is 13.8 Å². The highest BCUT2D eigenvalue weighted by molar-refractivity contribution is 7.87. The first kappa shape index (κ1) is 14.9. The Bertz CT molecular complexity index is 298. The lowest BCUT2D eigenvalue weighted by molar-refractivity contribution is 0.266. The van der Waals surface area contributed by atoms with Crippen LogP contribution in [0.15, 0.2) is 0 Å². The highest BCUT2D eigenvalue weighted by atomic mass is 32.2. The normalized spacial score (nSPS) is 19.6. The molecule has 102 valence electrons. The maximum absolute atomic E-state index is 11.9. The molecule has 0 aromatic carbocycles. The zero-order valence-electron chi connectivity index (χ0n) is 10.9. The van der Waals surface area contributed by atoms with Gasteiger partial charge in [-0.15, -0.1) is 0 Å². The number of nitrogens with zero attached hydrogens (tertiary/aromatic N) is 1. The molecule has 2 N–H and O–H groups in total. The lowest BCUT2D eigenvalue weighted by Crippen LogP contribution is -2.46. The van der Waals surface area contributed by atoms with E-state index in [0.717, 1.165) is 32.4 Å². The standard InChI is InChI=1S/C11H25N3O2S/c1-3-7-13-17(15,16)14-8-5-11(6-9-14)10-12-4-2/h11-13H,3-10H2,1-2H3. The molecule has 0 radical (unpaired) electrons. The molecule has 0 saturated carbocycles. The zero-order valence-corrected chi connectivity index (χ0v) is 11.7. The van der Waals surface area contributed by atoms with Gasteiger partial charge < -0.3 is 5.32 Å². The van der Waals surface area contributed by atoms with Gasteiger partial charge in [0, 0.05) is 19.6 Å². The molecule has 0 unspecified atom stereocenters. The molecule has 0 amide bonds. The molecular weight excluding hydrogens is 238 g/mol. The summed E-state index contributed by atoms with van der Waals surface area (Å²) in [6, 6.07) is 0. The van der Waals surface area contributed by atoms with E-state index in [1.54, 1.807) is 4.31 Å². The fourth-order valence-corrected chi connectivity index (χ4v) is 3.36. The van der Waals surface area contributed by atoms with Gasteiger partial charge in [-0.3, -0.25) is 0 Å². The highest BCUT2D eigenvalue weighted by Gasteiger charge is 2.26. The summed E-state index contributed by atoms with van der Waals surface area (Å²) in [5.41, 5.74) is 0. The minimum absolute atomic E-state index is 0.527. The molecule has 1 saturated heterocycles. The van der Waals surface area contributed by atoms with Crippen LogP contribution in [0.1, 0.15) is 33.1 Å². The summed E-state index contributed by atoms with van der Waals surface area (Å²) in [4.78, 5) is 0. The molecule has 0 spiro atoms. The minimum Gasteiger partial charge on any atom is -0.317 e. The van der Waals surface area contributed by atoms with Crippen molar-refractivity contribution >= 4 is 10.2 Å². The van der Waals surface area contributed by atoms with Crippen LogP contribution in [0.5, 0.6) is 0 Å². The molecule has 1 fully saturated rings. The van der Waals surface area contributed by atoms with Crippen molar-refractivity contribution in [3.8, 4) is 0 Å².